The molecule has 0 aliphatic carbocycles. The molecule has 0 spiro atoms. The minimum Gasteiger partial charge on any atom is -0.350 e. The lowest BCUT2D eigenvalue weighted by Gasteiger charge is -2.41. The topological polar surface area (TPSA) is 65.2 Å². The summed E-state index contributed by atoms with van der Waals surface area (Å²) in [5.41, 5.74) is 1.25. The first-order valence-electron chi connectivity index (χ1n) is 8.31. The molecule has 24 heavy (non-hydrogen) atoms. The average Bonchev–Trinajstić information content (AvgIpc) is 2.62. The molecule has 5 nitrogen and oxygen atoms in total. The number of benzene rings is 1. The monoisotopic (exact) mass is 325 g/mol. The predicted molar refractivity (Wildman–Crippen MR) is 94.2 cm³/mol. The summed E-state index contributed by atoms with van der Waals surface area (Å²) in [6, 6.07) is 15.0. The van der Waals surface area contributed by atoms with Gasteiger partial charge in [-0.25, -0.2) is 0 Å². The van der Waals surface area contributed by atoms with E-state index in [4.69, 9.17) is 0 Å². The number of likely N-dealkylation sites (tertiary alicyclic amines) is 1. The average molecular weight is 325 g/mol. The van der Waals surface area contributed by atoms with Crippen molar-refractivity contribution in [2.75, 3.05) is 26.7 Å². The van der Waals surface area contributed by atoms with E-state index >= 15 is 0 Å². The van der Waals surface area contributed by atoms with Crippen LogP contribution in [0.3, 0.4) is 0 Å². The molecule has 0 atom stereocenters. The minimum absolute atomic E-state index is 0.0570. The highest BCUT2D eigenvalue weighted by Crippen LogP contribution is 2.34. The van der Waals surface area contributed by atoms with E-state index in [1.54, 1.807) is 12.1 Å². The Morgan fingerprint density at radius 2 is 1.83 bits per heavy atom. The van der Waals surface area contributed by atoms with Gasteiger partial charge in [-0.1, -0.05) is 36.4 Å². The summed E-state index contributed by atoms with van der Waals surface area (Å²) in [6.45, 7) is 2.58. The van der Waals surface area contributed by atoms with Crippen molar-refractivity contribution in [1.82, 2.24) is 15.2 Å². The van der Waals surface area contributed by atoms with Crippen molar-refractivity contribution in [2.45, 2.75) is 18.3 Å². The first-order chi connectivity index (χ1) is 11.6. The first kappa shape index (κ1) is 16.5. The van der Waals surface area contributed by atoms with Crippen LogP contribution in [-0.4, -0.2) is 42.5 Å². The van der Waals surface area contributed by atoms with Crippen LogP contribution in [0.2, 0.25) is 0 Å². The molecule has 2 N–H and O–H groups in total. The smallest absolute Gasteiger partial charge is 0.267 e. The summed E-state index contributed by atoms with van der Waals surface area (Å²) in [4.78, 5) is 28.7. The largest absolute Gasteiger partial charge is 0.350 e. The third-order valence-electron chi connectivity index (χ3n) is 4.93. The summed E-state index contributed by atoms with van der Waals surface area (Å²) in [5, 5.41) is 3.02. The number of aromatic amines is 1. The number of hydrogen-bond acceptors (Lipinski definition) is 3. The Kier molecular flexibility index (Phi) is 4.81. The van der Waals surface area contributed by atoms with E-state index in [-0.39, 0.29) is 16.9 Å². The van der Waals surface area contributed by atoms with Crippen molar-refractivity contribution in [3.8, 4) is 0 Å². The fourth-order valence-corrected chi connectivity index (χ4v) is 3.33. The van der Waals surface area contributed by atoms with Gasteiger partial charge in [0.25, 0.3) is 5.91 Å². The number of nitrogens with one attached hydrogen (secondary N) is 2. The molecule has 1 aliphatic rings. The molecule has 1 fully saturated rings. The number of rotatable bonds is 4. The van der Waals surface area contributed by atoms with Crippen LogP contribution in [0, 0.1) is 0 Å². The highest BCUT2D eigenvalue weighted by molar-refractivity contribution is 5.92. The molecule has 1 aromatic carbocycles. The minimum atomic E-state index is -0.264. The highest BCUT2D eigenvalue weighted by atomic mass is 16.2. The molecule has 3 rings (SSSR count). The van der Waals surface area contributed by atoms with E-state index < -0.39 is 0 Å². The molecule has 1 saturated heterocycles. The zero-order valence-corrected chi connectivity index (χ0v) is 13.9. The summed E-state index contributed by atoms with van der Waals surface area (Å²) < 4.78 is 0. The van der Waals surface area contributed by atoms with Crippen LogP contribution in [0.4, 0.5) is 0 Å². The maximum atomic E-state index is 12.4. The van der Waals surface area contributed by atoms with E-state index in [9.17, 15) is 9.59 Å². The Hall–Kier alpha value is -2.40. The third-order valence-corrected chi connectivity index (χ3v) is 4.93. The normalized spacial score (nSPS) is 17.4. The molecule has 1 amide bonds. The Labute approximate surface area is 141 Å². The van der Waals surface area contributed by atoms with Gasteiger partial charge in [-0.3, -0.25) is 9.59 Å². The summed E-state index contributed by atoms with van der Waals surface area (Å²) in [7, 11) is 2.13. The molecule has 5 heteroatoms. The maximum absolute atomic E-state index is 12.4. The van der Waals surface area contributed by atoms with Crippen LogP contribution in [0.25, 0.3) is 0 Å². The highest BCUT2D eigenvalue weighted by Gasteiger charge is 2.35. The summed E-state index contributed by atoms with van der Waals surface area (Å²) >= 11 is 0. The molecule has 2 heterocycles. The van der Waals surface area contributed by atoms with Gasteiger partial charge in [0.05, 0.1) is 0 Å². The van der Waals surface area contributed by atoms with E-state index in [2.05, 4.69) is 34.4 Å². The standard InChI is InChI=1S/C19H23N3O2/c1-22-12-10-19(11-13-22,15-6-3-2-4-7-15)14-20-18(24)16-8-5-9-17(23)21-16/h2-9H,10-14H2,1H3,(H,20,24)(H,21,23). The quantitative estimate of drug-likeness (QED) is 0.900. The van der Waals surface area contributed by atoms with Crippen LogP contribution in [0.15, 0.2) is 53.3 Å². The zero-order valence-electron chi connectivity index (χ0n) is 13.9. The van der Waals surface area contributed by atoms with Crippen LogP contribution in [0.5, 0.6) is 0 Å². The van der Waals surface area contributed by atoms with Gasteiger partial charge in [-0.05, 0) is 44.6 Å². The number of amides is 1. The lowest BCUT2D eigenvalue weighted by molar-refractivity contribution is 0.0922. The van der Waals surface area contributed by atoms with E-state index in [1.165, 1.54) is 11.6 Å². The second-order valence-electron chi connectivity index (χ2n) is 6.56. The van der Waals surface area contributed by atoms with Gasteiger partial charge in [0.1, 0.15) is 5.69 Å². The SMILES string of the molecule is CN1CCC(CNC(=O)c2cccc(=O)[nH]2)(c2ccccc2)CC1. The number of carbonyl (C=O) groups excluding carboxylic acids is 1. The number of pyridine rings is 1. The van der Waals surface area contributed by atoms with Crippen molar-refractivity contribution in [3.63, 3.8) is 0 Å². The number of H-pyrrole nitrogens is 1. The number of hydrogen-bond donors (Lipinski definition) is 2. The molecule has 0 saturated carbocycles. The van der Waals surface area contributed by atoms with Crippen LogP contribution >= 0.6 is 0 Å². The molecular weight excluding hydrogens is 302 g/mol. The van der Waals surface area contributed by atoms with E-state index in [0.717, 1.165) is 25.9 Å². The van der Waals surface area contributed by atoms with Crippen molar-refractivity contribution < 1.29 is 4.79 Å². The molecule has 126 valence electrons. The molecule has 2 aromatic rings. The van der Waals surface area contributed by atoms with Crippen molar-refractivity contribution in [3.05, 3.63) is 70.1 Å². The van der Waals surface area contributed by atoms with Gasteiger partial charge in [0, 0.05) is 18.0 Å². The Morgan fingerprint density at radius 1 is 1.12 bits per heavy atom. The Balaban J connectivity index is 1.78. The van der Waals surface area contributed by atoms with Gasteiger partial charge in [-0.15, -0.1) is 0 Å². The van der Waals surface area contributed by atoms with Gasteiger partial charge in [-0.2, -0.15) is 0 Å². The number of aromatic nitrogens is 1. The number of piperidine rings is 1. The van der Waals surface area contributed by atoms with Gasteiger partial charge in [0.2, 0.25) is 5.56 Å². The van der Waals surface area contributed by atoms with Gasteiger partial charge >= 0.3 is 0 Å². The van der Waals surface area contributed by atoms with E-state index in [1.807, 2.05) is 18.2 Å². The van der Waals surface area contributed by atoms with E-state index in [0.29, 0.717) is 12.2 Å². The molecule has 0 unspecified atom stereocenters. The number of nitrogens with zero attached hydrogens (tertiary/aromatic N) is 1. The fourth-order valence-electron chi connectivity index (χ4n) is 3.33. The summed E-state index contributed by atoms with van der Waals surface area (Å²) in [5.74, 6) is -0.234. The maximum Gasteiger partial charge on any atom is 0.267 e. The molecule has 0 radical (unpaired) electrons. The second kappa shape index (κ2) is 7.01. The van der Waals surface area contributed by atoms with Crippen LogP contribution in [0.1, 0.15) is 28.9 Å². The van der Waals surface area contributed by atoms with Crippen molar-refractivity contribution in [1.29, 1.82) is 0 Å². The van der Waals surface area contributed by atoms with Crippen LogP contribution in [-0.2, 0) is 5.41 Å². The third kappa shape index (κ3) is 3.57. The number of carbonyl (C=O) groups is 1. The van der Waals surface area contributed by atoms with Crippen molar-refractivity contribution in [2.24, 2.45) is 0 Å². The Morgan fingerprint density at radius 3 is 2.50 bits per heavy atom. The van der Waals surface area contributed by atoms with Crippen LogP contribution < -0.4 is 10.9 Å². The Bertz CT molecular complexity index is 746. The summed E-state index contributed by atoms with van der Waals surface area (Å²) in [6.07, 6.45) is 2.00. The van der Waals surface area contributed by atoms with Gasteiger partial charge < -0.3 is 15.2 Å². The first-order valence-corrected chi connectivity index (χ1v) is 8.31. The lowest BCUT2D eigenvalue weighted by atomic mass is 9.72. The molecule has 1 aromatic heterocycles. The molecule has 1 aliphatic heterocycles. The van der Waals surface area contributed by atoms with Gasteiger partial charge in [0.15, 0.2) is 0 Å². The predicted octanol–water partition coefficient (Wildman–Crippen LogP) is 1.77. The molecule has 0 bridgehead atoms. The fraction of sp³-hybridized carbons (Fsp3) is 0.368. The van der Waals surface area contributed by atoms with Crippen molar-refractivity contribution >= 4 is 5.91 Å². The zero-order chi connectivity index (χ0) is 17.0. The molecular formula is C19H23N3O2. The second-order valence-corrected chi connectivity index (χ2v) is 6.56. The lowest BCUT2D eigenvalue weighted by Crippen LogP contribution is -2.48.